The van der Waals surface area contributed by atoms with Crippen LogP contribution in [-0.2, 0) is 0 Å². The molecule has 0 spiro atoms. The molecule has 0 heterocycles. The van der Waals surface area contributed by atoms with Crippen molar-refractivity contribution < 1.29 is 4.39 Å². The van der Waals surface area contributed by atoms with Crippen LogP contribution in [0.3, 0.4) is 0 Å². The predicted octanol–water partition coefficient (Wildman–Crippen LogP) is 4.97. The first-order valence-electron chi connectivity index (χ1n) is 6.60. The molecule has 2 rings (SSSR count). The van der Waals surface area contributed by atoms with Gasteiger partial charge >= 0.3 is 0 Å². The molecule has 21 heavy (non-hydrogen) atoms. The first-order valence-corrected chi connectivity index (χ1v) is 7.77. The Balaban J connectivity index is 2.31. The molecule has 0 aliphatic heterocycles. The van der Waals surface area contributed by atoms with Crippen molar-refractivity contribution in [3.8, 4) is 0 Å². The van der Waals surface area contributed by atoms with E-state index < -0.39 is 0 Å². The first kappa shape index (κ1) is 16.3. The minimum absolute atomic E-state index is 0.284. The molecule has 1 atom stereocenters. The lowest BCUT2D eigenvalue weighted by Crippen LogP contribution is -2.21. The van der Waals surface area contributed by atoms with E-state index in [1.54, 1.807) is 12.1 Å². The molecule has 0 bridgehead atoms. The fraction of sp³-hybridized carbons (Fsp3) is 0.250. The van der Waals surface area contributed by atoms with Gasteiger partial charge in [-0.15, -0.1) is 0 Å². The Morgan fingerprint density at radius 2 is 1.86 bits per heavy atom. The molecule has 0 radical (unpaired) electrons. The van der Waals surface area contributed by atoms with Crippen molar-refractivity contribution in [1.29, 1.82) is 0 Å². The standard InChI is InChI=1S/C16H17BrClFN2/c1-9-5-12(6-10(2)16(9)17)21-15(8-20)13-4-3-11(18)7-14(13)19/h3-7,15,21H,8,20H2,1-2H3. The van der Waals surface area contributed by atoms with E-state index >= 15 is 0 Å². The fourth-order valence-electron chi connectivity index (χ4n) is 2.28. The Morgan fingerprint density at radius 1 is 1.24 bits per heavy atom. The summed E-state index contributed by atoms with van der Waals surface area (Å²) in [7, 11) is 0. The minimum atomic E-state index is -0.351. The number of nitrogens with two attached hydrogens (primary N) is 1. The zero-order chi connectivity index (χ0) is 15.6. The van der Waals surface area contributed by atoms with E-state index in [9.17, 15) is 4.39 Å². The third kappa shape index (κ3) is 3.76. The van der Waals surface area contributed by atoms with Crippen molar-refractivity contribution in [2.45, 2.75) is 19.9 Å². The van der Waals surface area contributed by atoms with Crippen molar-refractivity contribution in [1.82, 2.24) is 0 Å². The second kappa shape index (κ2) is 6.77. The second-order valence-electron chi connectivity index (χ2n) is 5.02. The van der Waals surface area contributed by atoms with E-state index in [4.69, 9.17) is 17.3 Å². The molecule has 2 aromatic rings. The maximum atomic E-state index is 14.0. The van der Waals surface area contributed by atoms with Gasteiger partial charge in [-0.2, -0.15) is 0 Å². The monoisotopic (exact) mass is 370 g/mol. The van der Waals surface area contributed by atoms with Gasteiger partial charge in [-0.25, -0.2) is 4.39 Å². The lowest BCUT2D eigenvalue weighted by atomic mass is 10.0. The van der Waals surface area contributed by atoms with Gasteiger partial charge in [0.1, 0.15) is 5.82 Å². The number of hydrogen-bond acceptors (Lipinski definition) is 2. The Hall–Kier alpha value is -1.10. The number of hydrogen-bond donors (Lipinski definition) is 2. The van der Waals surface area contributed by atoms with Gasteiger partial charge in [-0.1, -0.05) is 33.6 Å². The maximum Gasteiger partial charge on any atom is 0.130 e. The largest absolute Gasteiger partial charge is 0.377 e. The number of anilines is 1. The van der Waals surface area contributed by atoms with E-state index in [-0.39, 0.29) is 18.4 Å². The van der Waals surface area contributed by atoms with Crippen LogP contribution in [0.4, 0.5) is 10.1 Å². The summed E-state index contributed by atoms with van der Waals surface area (Å²) in [5.74, 6) is -0.351. The SMILES string of the molecule is Cc1cc(NC(CN)c2ccc(Cl)cc2F)cc(C)c1Br. The third-order valence-electron chi connectivity index (χ3n) is 3.35. The van der Waals surface area contributed by atoms with Crippen molar-refractivity contribution in [2.75, 3.05) is 11.9 Å². The molecule has 0 aliphatic carbocycles. The van der Waals surface area contributed by atoms with Crippen LogP contribution in [0, 0.1) is 19.7 Å². The van der Waals surface area contributed by atoms with Crippen LogP contribution >= 0.6 is 27.5 Å². The van der Waals surface area contributed by atoms with Gasteiger partial charge in [-0.05, 0) is 49.2 Å². The zero-order valence-corrected chi connectivity index (χ0v) is 14.2. The summed E-state index contributed by atoms with van der Waals surface area (Å²) in [5, 5.41) is 3.66. The average Bonchev–Trinajstić information content (AvgIpc) is 2.42. The molecule has 0 aliphatic rings. The van der Waals surface area contributed by atoms with Gasteiger partial charge in [0.15, 0.2) is 0 Å². The first-order chi connectivity index (χ1) is 9.92. The number of halogens is 3. The molecule has 0 amide bonds. The summed E-state index contributed by atoms with van der Waals surface area (Å²) in [6.07, 6.45) is 0. The van der Waals surface area contributed by atoms with E-state index in [1.807, 2.05) is 26.0 Å². The second-order valence-corrected chi connectivity index (χ2v) is 6.25. The summed E-state index contributed by atoms with van der Waals surface area (Å²) in [4.78, 5) is 0. The molecule has 2 aromatic carbocycles. The molecule has 112 valence electrons. The van der Waals surface area contributed by atoms with Crippen molar-refractivity contribution in [2.24, 2.45) is 5.73 Å². The fourth-order valence-corrected chi connectivity index (χ4v) is 2.67. The highest BCUT2D eigenvalue weighted by molar-refractivity contribution is 9.10. The number of aryl methyl sites for hydroxylation is 2. The van der Waals surface area contributed by atoms with Crippen molar-refractivity contribution in [3.05, 3.63) is 62.3 Å². The Labute approximate surface area is 137 Å². The lowest BCUT2D eigenvalue weighted by molar-refractivity contribution is 0.593. The molecule has 0 fully saturated rings. The third-order valence-corrected chi connectivity index (χ3v) is 4.84. The highest BCUT2D eigenvalue weighted by Gasteiger charge is 2.15. The van der Waals surface area contributed by atoms with Crippen LogP contribution in [0.5, 0.6) is 0 Å². The van der Waals surface area contributed by atoms with E-state index in [2.05, 4.69) is 21.2 Å². The van der Waals surface area contributed by atoms with E-state index in [0.717, 1.165) is 21.3 Å². The quantitative estimate of drug-likeness (QED) is 0.796. The molecule has 5 heteroatoms. The minimum Gasteiger partial charge on any atom is -0.377 e. The van der Waals surface area contributed by atoms with Crippen molar-refractivity contribution >= 4 is 33.2 Å². The molecular weight excluding hydrogens is 355 g/mol. The normalized spacial score (nSPS) is 12.3. The van der Waals surface area contributed by atoms with E-state index in [1.165, 1.54) is 6.07 Å². The number of nitrogens with one attached hydrogen (secondary N) is 1. The smallest absolute Gasteiger partial charge is 0.130 e. The predicted molar refractivity (Wildman–Crippen MR) is 90.4 cm³/mol. The van der Waals surface area contributed by atoms with Gasteiger partial charge in [0.2, 0.25) is 0 Å². The summed E-state index contributed by atoms with van der Waals surface area (Å²) < 4.78 is 15.1. The van der Waals surface area contributed by atoms with Gasteiger partial charge in [0.25, 0.3) is 0 Å². The summed E-state index contributed by atoms with van der Waals surface area (Å²) in [6, 6.07) is 8.35. The Bertz CT molecular complexity index is 638. The van der Waals surface area contributed by atoms with Crippen molar-refractivity contribution in [3.63, 3.8) is 0 Å². The molecule has 0 saturated carbocycles. The number of rotatable bonds is 4. The zero-order valence-electron chi connectivity index (χ0n) is 11.9. The molecule has 0 aromatic heterocycles. The highest BCUT2D eigenvalue weighted by Crippen LogP contribution is 2.28. The summed E-state index contributed by atoms with van der Waals surface area (Å²) in [6.45, 7) is 4.32. The van der Waals surface area contributed by atoms with Gasteiger partial charge in [0.05, 0.1) is 6.04 Å². The van der Waals surface area contributed by atoms with Gasteiger partial charge in [0, 0.05) is 27.3 Å². The maximum absolute atomic E-state index is 14.0. The topological polar surface area (TPSA) is 38.0 Å². The lowest BCUT2D eigenvalue weighted by Gasteiger charge is -2.20. The van der Waals surface area contributed by atoms with Gasteiger partial charge in [-0.3, -0.25) is 0 Å². The Morgan fingerprint density at radius 3 is 2.38 bits per heavy atom. The van der Waals surface area contributed by atoms with Crippen LogP contribution in [0.15, 0.2) is 34.8 Å². The van der Waals surface area contributed by atoms with Crippen LogP contribution in [0.1, 0.15) is 22.7 Å². The van der Waals surface area contributed by atoms with Gasteiger partial charge < -0.3 is 11.1 Å². The number of benzene rings is 2. The van der Waals surface area contributed by atoms with E-state index in [0.29, 0.717) is 10.6 Å². The molecule has 2 nitrogen and oxygen atoms in total. The van der Waals surface area contributed by atoms with Crippen LogP contribution in [0.25, 0.3) is 0 Å². The van der Waals surface area contributed by atoms with Crippen LogP contribution in [0.2, 0.25) is 5.02 Å². The summed E-state index contributed by atoms with van der Waals surface area (Å²) >= 11 is 9.32. The Kier molecular flexibility index (Phi) is 5.25. The average molecular weight is 372 g/mol. The molecule has 3 N–H and O–H groups in total. The summed E-state index contributed by atoms with van der Waals surface area (Å²) in [5.41, 5.74) is 9.45. The van der Waals surface area contributed by atoms with Crippen LogP contribution < -0.4 is 11.1 Å². The molecule has 1 unspecified atom stereocenters. The molecular formula is C16H17BrClFN2. The van der Waals surface area contributed by atoms with Crippen LogP contribution in [-0.4, -0.2) is 6.54 Å². The highest BCUT2D eigenvalue weighted by atomic mass is 79.9. The molecule has 0 saturated heterocycles.